The number of methoxy groups -OCH3 is 1. The molecule has 0 spiro atoms. The lowest BCUT2D eigenvalue weighted by molar-refractivity contribution is -0.128. The van der Waals surface area contributed by atoms with Gasteiger partial charge in [-0.25, -0.2) is 5.84 Å². The Hall–Kier alpha value is -0.650. The number of ether oxygens (including phenoxy) is 1. The fourth-order valence-electron chi connectivity index (χ4n) is 2.20. The third-order valence-electron chi connectivity index (χ3n) is 3.16. The number of nitrogens with two attached hydrogens (primary N) is 1. The molecule has 0 heterocycles. The summed E-state index contributed by atoms with van der Waals surface area (Å²) < 4.78 is 5.05. The first-order valence-corrected chi connectivity index (χ1v) is 5.42. The number of hydrazine groups is 1. The molecular weight excluding hydrogens is 194 g/mol. The highest BCUT2D eigenvalue weighted by Gasteiger charge is 2.29. The number of hydrogen-bond donors (Lipinski definition) is 2. The van der Waals surface area contributed by atoms with Gasteiger partial charge in [0.2, 0.25) is 0 Å². The van der Waals surface area contributed by atoms with Crippen LogP contribution in [-0.2, 0) is 9.53 Å². The first-order chi connectivity index (χ1) is 7.20. The Balaban J connectivity index is 2.56. The summed E-state index contributed by atoms with van der Waals surface area (Å²) in [5.74, 6) is 4.98. The van der Waals surface area contributed by atoms with Crippen LogP contribution in [0.15, 0.2) is 0 Å². The van der Waals surface area contributed by atoms with Crippen molar-refractivity contribution in [1.82, 2.24) is 10.3 Å². The molecule has 1 fully saturated rings. The Morgan fingerprint density at radius 2 is 2.20 bits per heavy atom. The van der Waals surface area contributed by atoms with Crippen LogP contribution in [-0.4, -0.2) is 43.7 Å². The summed E-state index contributed by atoms with van der Waals surface area (Å²) in [6.07, 6.45) is 4.82. The molecule has 0 saturated heterocycles. The van der Waals surface area contributed by atoms with Crippen molar-refractivity contribution in [2.45, 2.75) is 37.8 Å². The van der Waals surface area contributed by atoms with Crippen molar-refractivity contribution in [3.05, 3.63) is 0 Å². The van der Waals surface area contributed by atoms with Gasteiger partial charge >= 0.3 is 0 Å². The zero-order valence-corrected chi connectivity index (χ0v) is 9.53. The van der Waals surface area contributed by atoms with E-state index in [-0.39, 0.29) is 11.9 Å². The van der Waals surface area contributed by atoms with Crippen molar-refractivity contribution >= 4 is 5.91 Å². The standard InChI is InChI=1S/C10H21N3O2/c1-13(8-5-3-4-6-8)9(7-15-2)10(14)12-11/h8-9H,3-7,11H2,1-2H3,(H,12,14). The van der Waals surface area contributed by atoms with Gasteiger partial charge in [0, 0.05) is 13.2 Å². The van der Waals surface area contributed by atoms with Gasteiger partial charge in [0.25, 0.3) is 5.91 Å². The van der Waals surface area contributed by atoms with Gasteiger partial charge in [-0.15, -0.1) is 0 Å². The molecule has 0 aliphatic heterocycles. The number of carbonyl (C=O) groups excluding carboxylic acids is 1. The van der Waals surface area contributed by atoms with E-state index < -0.39 is 0 Å². The average Bonchev–Trinajstić information content (AvgIpc) is 2.77. The van der Waals surface area contributed by atoms with Crippen LogP contribution in [0.1, 0.15) is 25.7 Å². The summed E-state index contributed by atoms with van der Waals surface area (Å²) in [6, 6.07) is 0.213. The first kappa shape index (κ1) is 12.4. The topological polar surface area (TPSA) is 67.6 Å². The quantitative estimate of drug-likeness (QED) is 0.381. The fourth-order valence-corrected chi connectivity index (χ4v) is 2.20. The molecule has 1 aliphatic carbocycles. The van der Waals surface area contributed by atoms with E-state index in [2.05, 4.69) is 10.3 Å². The molecule has 1 aliphatic rings. The van der Waals surface area contributed by atoms with Crippen molar-refractivity contribution in [1.29, 1.82) is 0 Å². The molecule has 1 saturated carbocycles. The molecule has 15 heavy (non-hydrogen) atoms. The van der Waals surface area contributed by atoms with Gasteiger partial charge in [-0.05, 0) is 19.9 Å². The number of nitrogens with zero attached hydrogens (tertiary/aromatic N) is 1. The second-order valence-electron chi connectivity index (χ2n) is 4.08. The number of likely N-dealkylation sites (N-methyl/N-ethyl adjacent to an activating group) is 1. The van der Waals surface area contributed by atoms with Gasteiger partial charge < -0.3 is 4.74 Å². The lowest BCUT2D eigenvalue weighted by Gasteiger charge is -2.31. The molecule has 5 heteroatoms. The molecule has 1 rings (SSSR count). The normalized spacial score (nSPS) is 19.5. The molecule has 3 N–H and O–H groups in total. The van der Waals surface area contributed by atoms with E-state index in [9.17, 15) is 4.79 Å². The van der Waals surface area contributed by atoms with Gasteiger partial charge in [0.1, 0.15) is 6.04 Å². The minimum atomic E-state index is -0.275. The molecule has 0 bridgehead atoms. The van der Waals surface area contributed by atoms with Crippen molar-refractivity contribution in [3.63, 3.8) is 0 Å². The molecule has 0 aromatic heterocycles. The van der Waals surface area contributed by atoms with E-state index in [0.717, 1.165) is 12.8 Å². The molecule has 0 aromatic carbocycles. The van der Waals surface area contributed by atoms with Crippen LogP contribution < -0.4 is 11.3 Å². The average molecular weight is 215 g/mol. The van der Waals surface area contributed by atoms with Crippen LogP contribution in [0.2, 0.25) is 0 Å². The molecule has 1 unspecified atom stereocenters. The van der Waals surface area contributed by atoms with E-state index in [4.69, 9.17) is 10.6 Å². The summed E-state index contributed by atoms with van der Waals surface area (Å²) >= 11 is 0. The number of amides is 1. The second kappa shape index (κ2) is 6.05. The van der Waals surface area contributed by atoms with E-state index in [1.165, 1.54) is 12.8 Å². The number of carbonyl (C=O) groups is 1. The summed E-state index contributed by atoms with van der Waals surface area (Å²) in [5, 5.41) is 0. The van der Waals surface area contributed by atoms with Crippen molar-refractivity contribution in [2.75, 3.05) is 20.8 Å². The van der Waals surface area contributed by atoms with Crippen LogP contribution in [0.4, 0.5) is 0 Å². The molecule has 1 amide bonds. The molecule has 0 aromatic rings. The lowest BCUT2D eigenvalue weighted by Crippen LogP contribution is -2.52. The third-order valence-corrected chi connectivity index (χ3v) is 3.16. The molecule has 1 atom stereocenters. The SMILES string of the molecule is COCC(C(=O)NN)N(C)C1CCCC1. The van der Waals surface area contributed by atoms with Crippen LogP contribution in [0.25, 0.3) is 0 Å². The summed E-state index contributed by atoms with van der Waals surface area (Å²) in [7, 11) is 3.56. The van der Waals surface area contributed by atoms with Crippen LogP contribution >= 0.6 is 0 Å². The van der Waals surface area contributed by atoms with E-state index >= 15 is 0 Å². The van der Waals surface area contributed by atoms with Gasteiger partial charge in [-0.2, -0.15) is 0 Å². The van der Waals surface area contributed by atoms with E-state index in [1.54, 1.807) is 7.11 Å². The molecule has 5 nitrogen and oxygen atoms in total. The minimum absolute atomic E-state index is 0.175. The predicted octanol–water partition coefficient (Wildman–Crippen LogP) is -0.134. The maximum atomic E-state index is 11.5. The largest absolute Gasteiger partial charge is 0.383 e. The minimum Gasteiger partial charge on any atom is -0.383 e. The maximum Gasteiger partial charge on any atom is 0.253 e. The van der Waals surface area contributed by atoms with Crippen LogP contribution in [0.5, 0.6) is 0 Å². The van der Waals surface area contributed by atoms with Crippen molar-refractivity contribution in [2.24, 2.45) is 5.84 Å². The Labute approximate surface area is 90.9 Å². The highest BCUT2D eigenvalue weighted by Crippen LogP contribution is 2.23. The zero-order valence-electron chi connectivity index (χ0n) is 9.53. The number of rotatable bonds is 5. The third kappa shape index (κ3) is 3.15. The monoisotopic (exact) mass is 215 g/mol. The van der Waals surface area contributed by atoms with Crippen LogP contribution in [0.3, 0.4) is 0 Å². The van der Waals surface area contributed by atoms with E-state index in [1.807, 2.05) is 7.05 Å². The Bertz CT molecular complexity index is 205. The van der Waals surface area contributed by atoms with Gasteiger partial charge in [0.15, 0.2) is 0 Å². The summed E-state index contributed by atoms with van der Waals surface area (Å²) in [6.45, 7) is 0.385. The smallest absolute Gasteiger partial charge is 0.253 e. The summed E-state index contributed by atoms with van der Waals surface area (Å²) in [5.41, 5.74) is 2.19. The lowest BCUT2D eigenvalue weighted by atomic mass is 10.1. The van der Waals surface area contributed by atoms with Gasteiger partial charge in [-0.1, -0.05) is 12.8 Å². The van der Waals surface area contributed by atoms with E-state index in [0.29, 0.717) is 12.6 Å². The molecular formula is C10H21N3O2. The molecule has 88 valence electrons. The molecule has 0 radical (unpaired) electrons. The Morgan fingerprint density at radius 3 is 2.67 bits per heavy atom. The maximum absolute atomic E-state index is 11.5. The fraction of sp³-hybridized carbons (Fsp3) is 0.900. The van der Waals surface area contributed by atoms with Gasteiger partial charge in [-0.3, -0.25) is 15.1 Å². The number of hydrogen-bond acceptors (Lipinski definition) is 4. The highest BCUT2D eigenvalue weighted by atomic mass is 16.5. The van der Waals surface area contributed by atoms with Crippen molar-refractivity contribution in [3.8, 4) is 0 Å². The van der Waals surface area contributed by atoms with Gasteiger partial charge in [0.05, 0.1) is 6.61 Å². The second-order valence-corrected chi connectivity index (χ2v) is 4.08. The zero-order chi connectivity index (χ0) is 11.3. The summed E-state index contributed by atoms with van der Waals surface area (Å²) in [4.78, 5) is 13.6. The Kier molecular flexibility index (Phi) is 5.01. The number of nitrogens with one attached hydrogen (secondary N) is 1. The Morgan fingerprint density at radius 1 is 1.60 bits per heavy atom. The van der Waals surface area contributed by atoms with Crippen LogP contribution in [0, 0.1) is 0 Å². The van der Waals surface area contributed by atoms with Crippen molar-refractivity contribution < 1.29 is 9.53 Å². The first-order valence-electron chi connectivity index (χ1n) is 5.42. The predicted molar refractivity (Wildman–Crippen MR) is 58.0 cm³/mol. The highest BCUT2D eigenvalue weighted by molar-refractivity contribution is 5.81.